The van der Waals surface area contributed by atoms with Crippen molar-refractivity contribution in [3.63, 3.8) is 0 Å². The largest absolute Gasteiger partial charge is 0.505 e. The lowest BCUT2D eigenvalue weighted by molar-refractivity contribution is 0.0533. The van der Waals surface area contributed by atoms with Crippen LogP contribution in [-0.4, -0.2) is 95.8 Å². The van der Waals surface area contributed by atoms with Crippen molar-refractivity contribution in [2.45, 2.75) is 27.7 Å². The van der Waals surface area contributed by atoms with Gasteiger partial charge in [0.2, 0.25) is 0 Å². The predicted molar refractivity (Wildman–Crippen MR) is 195 cm³/mol. The first kappa shape index (κ1) is 35.7. The van der Waals surface area contributed by atoms with Gasteiger partial charge in [-0.05, 0) is 64.1 Å². The zero-order valence-electron chi connectivity index (χ0n) is 29.1. The van der Waals surface area contributed by atoms with Crippen LogP contribution in [-0.2, 0) is 0 Å². The summed E-state index contributed by atoms with van der Waals surface area (Å²) in [6.07, 6.45) is 0. The summed E-state index contributed by atoms with van der Waals surface area (Å²) >= 11 is 0. The molecule has 5 rings (SSSR count). The van der Waals surface area contributed by atoms with Crippen molar-refractivity contribution in [3.05, 3.63) is 118 Å². The van der Waals surface area contributed by atoms with Gasteiger partial charge >= 0.3 is 0 Å². The molecule has 1 aliphatic rings. The first-order valence-electron chi connectivity index (χ1n) is 17.2. The smallest absolute Gasteiger partial charge is 0.254 e. The SMILES string of the molecule is CCN(CC)c1cccc(C(=O)c2ccccc2C(=O)N2CCN(C(=O)c3ccccc3C(=O)c3cccc(N(CC)CC)c3O)CC2)c1O. The van der Waals surface area contributed by atoms with E-state index in [4.69, 9.17) is 0 Å². The summed E-state index contributed by atoms with van der Waals surface area (Å²) < 4.78 is 0. The summed E-state index contributed by atoms with van der Waals surface area (Å²) in [5, 5.41) is 22.1. The number of piperazine rings is 1. The van der Waals surface area contributed by atoms with Gasteiger partial charge in [0.1, 0.15) is 11.5 Å². The minimum Gasteiger partial charge on any atom is -0.505 e. The average Bonchev–Trinajstić information content (AvgIpc) is 3.16. The number of phenolic OH excluding ortho intramolecular Hbond substituents is 2. The van der Waals surface area contributed by atoms with Crippen molar-refractivity contribution in [1.82, 2.24) is 9.80 Å². The lowest BCUT2D eigenvalue weighted by Crippen LogP contribution is -2.51. The minimum absolute atomic E-state index is 0.117. The third kappa shape index (κ3) is 6.92. The molecule has 0 radical (unpaired) electrons. The first-order chi connectivity index (χ1) is 24.2. The number of carbonyl (C=O) groups is 4. The molecule has 260 valence electrons. The van der Waals surface area contributed by atoms with E-state index in [1.165, 1.54) is 0 Å². The molecule has 1 heterocycles. The molecule has 4 aromatic rings. The van der Waals surface area contributed by atoms with Crippen molar-refractivity contribution < 1.29 is 29.4 Å². The highest BCUT2D eigenvalue weighted by Gasteiger charge is 2.31. The Morgan fingerprint density at radius 3 is 1.10 bits per heavy atom. The van der Waals surface area contributed by atoms with Crippen molar-refractivity contribution in [1.29, 1.82) is 0 Å². The second kappa shape index (κ2) is 15.7. The van der Waals surface area contributed by atoms with Gasteiger partial charge in [-0.1, -0.05) is 48.5 Å². The number of rotatable bonds is 12. The summed E-state index contributed by atoms with van der Waals surface area (Å²) in [7, 11) is 0. The molecular weight excluding hydrogens is 632 g/mol. The van der Waals surface area contributed by atoms with Gasteiger partial charge in [-0.2, -0.15) is 0 Å². The second-order valence-electron chi connectivity index (χ2n) is 12.0. The predicted octanol–water partition coefficient (Wildman–Crippen LogP) is 5.85. The van der Waals surface area contributed by atoms with Gasteiger partial charge in [0.25, 0.3) is 11.8 Å². The van der Waals surface area contributed by atoms with Crippen LogP contribution in [0.3, 0.4) is 0 Å². The number of nitrogens with zero attached hydrogens (tertiary/aromatic N) is 4. The Labute approximate surface area is 293 Å². The van der Waals surface area contributed by atoms with E-state index in [-0.39, 0.29) is 82.9 Å². The second-order valence-corrected chi connectivity index (χ2v) is 12.0. The Hall–Kier alpha value is -5.64. The van der Waals surface area contributed by atoms with Gasteiger partial charge in [-0.25, -0.2) is 0 Å². The summed E-state index contributed by atoms with van der Waals surface area (Å²) in [5.41, 5.74) is 2.14. The zero-order chi connectivity index (χ0) is 35.9. The van der Waals surface area contributed by atoms with Crippen molar-refractivity contribution in [2.24, 2.45) is 0 Å². The number of hydrogen-bond donors (Lipinski definition) is 2. The Bertz CT molecular complexity index is 1750. The Morgan fingerprint density at radius 1 is 0.480 bits per heavy atom. The topological polar surface area (TPSA) is 122 Å². The molecule has 0 spiro atoms. The highest BCUT2D eigenvalue weighted by Crippen LogP contribution is 2.34. The van der Waals surface area contributed by atoms with Crippen LogP contribution in [0.5, 0.6) is 11.5 Å². The molecule has 0 atom stereocenters. The molecule has 2 amide bonds. The van der Waals surface area contributed by atoms with Crippen LogP contribution in [0.15, 0.2) is 84.9 Å². The molecule has 1 saturated heterocycles. The van der Waals surface area contributed by atoms with E-state index < -0.39 is 11.6 Å². The number of carbonyl (C=O) groups excluding carboxylic acids is 4. The highest BCUT2D eigenvalue weighted by molar-refractivity contribution is 6.18. The maximum absolute atomic E-state index is 13.8. The maximum Gasteiger partial charge on any atom is 0.254 e. The summed E-state index contributed by atoms with van der Waals surface area (Å²) in [6, 6.07) is 23.2. The summed E-state index contributed by atoms with van der Waals surface area (Å²) in [5.74, 6) is -1.85. The summed E-state index contributed by atoms with van der Waals surface area (Å²) in [4.78, 5) is 62.3. The third-order valence-corrected chi connectivity index (χ3v) is 9.39. The van der Waals surface area contributed by atoms with Gasteiger partial charge in [0.15, 0.2) is 11.6 Å². The quantitative estimate of drug-likeness (QED) is 0.179. The number of hydrogen-bond acceptors (Lipinski definition) is 8. The van der Waals surface area contributed by atoms with Crippen LogP contribution >= 0.6 is 0 Å². The highest BCUT2D eigenvalue weighted by atomic mass is 16.3. The normalized spacial score (nSPS) is 12.8. The number of phenols is 2. The first-order valence-corrected chi connectivity index (χ1v) is 17.2. The molecule has 0 saturated carbocycles. The van der Waals surface area contributed by atoms with Crippen molar-refractivity contribution in [2.75, 3.05) is 62.2 Å². The number of anilines is 2. The average molecular weight is 677 g/mol. The molecule has 0 aliphatic carbocycles. The fourth-order valence-electron chi connectivity index (χ4n) is 6.55. The van der Waals surface area contributed by atoms with Crippen LogP contribution < -0.4 is 9.80 Å². The molecular formula is C40H44N4O6. The fourth-order valence-corrected chi connectivity index (χ4v) is 6.55. The minimum atomic E-state index is -0.454. The van der Waals surface area contributed by atoms with E-state index in [1.54, 1.807) is 94.7 Å². The van der Waals surface area contributed by atoms with Gasteiger partial charge in [0.05, 0.1) is 33.6 Å². The van der Waals surface area contributed by atoms with Gasteiger partial charge in [0, 0.05) is 63.5 Å². The van der Waals surface area contributed by atoms with Crippen molar-refractivity contribution >= 4 is 34.8 Å². The summed E-state index contributed by atoms with van der Waals surface area (Å²) in [6.45, 7) is 11.4. The zero-order valence-corrected chi connectivity index (χ0v) is 29.1. The molecule has 0 aromatic heterocycles. The number of aromatic hydroxyl groups is 2. The van der Waals surface area contributed by atoms with E-state index in [0.29, 0.717) is 37.6 Å². The Morgan fingerprint density at radius 2 is 0.780 bits per heavy atom. The molecule has 0 bridgehead atoms. The van der Waals surface area contributed by atoms with E-state index >= 15 is 0 Å². The lowest BCUT2D eigenvalue weighted by Gasteiger charge is -2.35. The number of amides is 2. The molecule has 2 N–H and O–H groups in total. The molecule has 0 unspecified atom stereocenters. The van der Waals surface area contributed by atoms with E-state index in [1.807, 2.05) is 37.5 Å². The van der Waals surface area contributed by atoms with Gasteiger partial charge < -0.3 is 29.8 Å². The van der Waals surface area contributed by atoms with E-state index in [9.17, 15) is 29.4 Å². The van der Waals surface area contributed by atoms with Crippen LogP contribution in [0.1, 0.15) is 80.3 Å². The van der Waals surface area contributed by atoms with E-state index in [2.05, 4.69) is 0 Å². The molecule has 50 heavy (non-hydrogen) atoms. The van der Waals surface area contributed by atoms with Gasteiger partial charge in [-0.15, -0.1) is 0 Å². The molecule has 1 aliphatic heterocycles. The monoisotopic (exact) mass is 676 g/mol. The fraction of sp³-hybridized carbons (Fsp3) is 0.300. The maximum atomic E-state index is 13.8. The Kier molecular flexibility index (Phi) is 11.2. The lowest BCUT2D eigenvalue weighted by atomic mass is 9.95. The molecule has 4 aromatic carbocycles. The molecule has 10 nitrogen and oxygen atoms in total. The number of para-hydroxylation sites is 2. The van der Waals surface area contributed by atoms with Crippen LogP contribution in [0.2, 0.25) is 0 Å². The van der Waals surface area contributed by atoms with Crippen LogP contribution in [0, 0.1) is 0 Å². The molecule has 1 fully saturated rings. The number of benzene rings is 4. The molecule has 10 heteroatoms. The van der Waals surface area contributed by atoms with Gasteiger partial charge in [-0.3, -0.25) is 19.2 Å². The third-order valence-electron chi connectivity index (χ3n) is 9.39. The van der Waals surface area contributed by atoms with E-state index in [0.717, 1.165) is 0 Å². The Balaban J connectivity index is 1.33. The number of ketones is 2. The van der Waals surface area contributed by atoms with Crippen LogP contribution in [0.4, 0.5) is 11.4 Å². The standard InChI is InChI=1S/C40H44N4O6/c1-5-41(6-2)33-21-13-19-31(37(33)47)35(45)27-15-9-11-17-29(27)39(49)43-23-25-44(26-24-43)40(50)30-18-12-10-16-28(30)36(46)32-20-14-22-34(38(32)48)42(7-3)8-4/h9-22,47-48H,5-8,23-26H2,1-4H3. The van der Waals surface area contributed by atoms with Crippen LogP contribution in [0.25, 0.3) is 0 Å². The van der Waals surface area contributed by atoms with Crippen molar-refractivity contribution in [3.8, 4) is 11.5 Å².